The lowest BCUT2D eigenvalue weighted by atomic mass is 9.95. The zero-order chi connectivity index (χ0) is 26.4. The first-order chi connectivity index (χ1) is 18.7. The normalized spacial score (nSPS) is 16.8. The summed E-state index contributed by atoms with van der Waals surface area (Å²) in [6.45, 7) is 14.0. The Balaban J connectivity index is 1.17. The molecule has 0 radical (unpaired) electrons. The smallest absolute Gasteiger partial charge is 0.227 e. The molecule has 2 aromatic heterocycles. The first-order valence-corrected chi connectivity index (χ1v) is 14.3. The van der Waals surface area contributed by atoms with E-state index >= 15 is 0 Å². The van der Waals surface area contributed by atoms with Gasteiger partial charge in [-0.05, 0) is 78.0 Å². The van der Waals surface area contributed by atoms with E-state index in [1.807, 2.05) is 10.9 Å². The molecule has 2 aromatic rings. The van der Waals surface area contributed by atoms with Crippen molar-refractivity contribution in [1.29, 1.82) is 0 Å². The first-order valence-electron chi connectivity index (χ1n) is 14.3. The first kappa shape index (κ1) is 28.1. The van der Waals surface area contributed by atoms with Crippen molar-refractivity contribution in [2.45, 2.75) is 83.0 Å². The summed E-state index contributed by atoms with van der Waals surface area (Å²) >= 11 is 0. The van der Waals surface area contributed by atoms with Gasteiger partial charge in [-0.1, -0.05) is 37.1 Å². The topological polar surface area (TPSA) is 129 Å². The zero-order valence-electron chi connectivity index (χ0n) is 22.7. The molecular weight excluding hydrogens is 478 g/mol. The summed E-state index contributed by atoms with van der Waals surface area (Å²) in [4.78, 5) is 13.3. The molecule has 1 aliphatic heterocycles. The van der Waals surface area contributed by atoms with Gasteiger partial charge >= 0.3 is 0 Å². The maximum Gasteiger partial charge on any atom is 0.227 e. The Morgan fingerprint density at radius 2 is 1.84 bits per heavy atom. The molecule has 1 aliphatic carbocycles. The highest BCUT2D eigenvalue weighted by atomic mass is 15.4. The van der Waals surface area contributed by atoms with Crippen LogP contribution in [0.15, 0.2) is 17.8 Å². The van der Waals surface area contributed by atoms with Crippen LogP contribution in [0.25, 0.3) is 6.08 Å². The van der Waals surface area contributed by atoms with Crippen molar-refractivity contribution >= 4 is 30.4 Å². The summed E-state index contributed by atoms with van der Waals surface area (Å²) in [6, 6.07) is 1.10. The summed E-state index contributed by atoms with van der Waals surface area (Å²) in [7, 11) is 0. The van der Waals surface area contributed by atoms with Crippen molar-refractivity contribution in [1.82, 2.24) is 40.9 Å². The van der Waals surface area contributed by atoms with Gasteiger partial charge in [-0.3, -0.25) is 4.68 Å². The molecule has 0 atom stereocenters. The molecule has 0 spiro atoms. The zero-order valence-corrected chi connectivity index (χ0v) is 22.7. The van der Waals surface area contributed by atoms with Crippen molar-refractivity contribution in [3.8, 4) is 0 Å². The Bertz CT molecular complexity index is 993. The monoisotopic (exact) mass is 523 g/mol. The van der Waals surface area contributed by atoms with Crippen LogP contribution >= 0.6 is 0 Å². The van der Waals surface area contributed by atoms with E-state index in [9.17, 15) is 0 Å². The number of nitrogens with zero attached hydrogens (tertiary/aromatic N) is 6. The molecule has 3 heterocycles. The van der Waals surface area contributed by atoms with E-state index in [0.29, 0.717) is 24.4 Å². The molecule has 1 saturated carbocycles. The standard InChI is InChI=1S/C27H45N11/c1-3-24-25(28-2)34-27(35-26(24)33-22-11-16-30-17-12-22)32-19-23-20-38(37-36-23)18-8-14-29-13-7-15-31-21-9-5-4-6-10-21/h3,20-22,29-31H,1-2,4-19H2,(H2,32,33,34,35). The highest BCUT2D eigenvalue weighted by Crippen LogP contribution is 2.27. The number of piperidine rings is 1. The number of nitrogens with one attached hydrogen (secondary N) is 5. The third-order valence-corrected chi connectivity index (χ3v) is 7.28. The molecule has 11 heteroatoms. The molecule has 2 aliphatic rings. The maximum atomic E-state index is 4.71. The molecule has 0 unspecified atom stereocenters. The van der Waals surface area contributed by atoms with Gasteiger partial charge in [0.05, 0.1) is 18.3 Å². The summed E-state index contributed by atoms with van der Waals surface area (Å²) < 4.78 is 1.89. The van der Waals surface area contributed by atoms with E-state index in [4.69, 9.17) is 4.98 Å². The third kappa shape index (κ3) is 8.85. The Morgan fingerprint density at radius 3 is 2.63 bits per heavy atom. The van der Waals surface area contributed by atoms with E-state index in [2.05, 4.69) is 60.2 Å². The van der Waals surface area contributed by atoms with Gasteiger partial charge in [0.15, 0.2) is 5.82 Å². The third-order valence-electron chi connectivity index (χ3n) is 7.28. The van der Waals surface area contributed by atoms with Gasteiger partial charge in [0.25, 0.3) is 0 Å². The van der Waals surface area contributed by atoms with Gasteiger partial charge in [-0.25, -0.2) is 4.99 Å². The highest BCUT2D eigenvalue weighted by Gasteiger charge is 2.18. The van der Waals surface area contributed by atoms with Crippen molar-refractivity contribution < 1.29 is 0 Å². The lowest BCUT2D eigenvalue weighted by Gasteiger charge is -2.25. The Hall–Kier alpha value is -2.89. The molecule has 0 amide bonds. The summed E-state index contributed by atoms with van der Waals surface area (Å²) in [6.07, 6.45) is 14.8. The molecule has 38 heavy (non-hydrogen) atoms. The molecule has 208 valence electrons. The van der Waals surface area contributed by atoms with Crippen molar-refractivity contribution in [2.24, 2.45) is 4.99 Å². The second-order valence-electron chi connectivity index (χ2n) is 10.2. The molecule has 0 bridgehead atoms. The number of aryl methyl sites for hydroxylation is 1. The lowest BCUT2D eigenvalue weighted by molar-refractivity contribution is 0.371. The van der Waals surface area contributed by atoms with Crippen molar-refractivity contribution in [2.75, 3.05) is 43.4 Å². The quantitative estimate of drug-likeness (QED) is 0.166. The van der Waals surface area contributed by atoms with Gasteiger partial charge in [0.2, 0.25) is 5.95 Å². The van der Waals surface area contributed by atoms with Gasteiger partial charge in [0.1, 0.15) is 11.5 Å². The largest absolute Gasteiger partial charge is 0.367 e. The Labute approximate surface area is 226 Å². The van der Waals surface area contributed by atoms with Crippen LogP contribution in [0.5, 0.6) is 0 Å². The predicted octanol–water partition coefficient (Wildman–Crippen LogP) is 3.11. The number of hydrogen-bond acceptors (Lipinski definition) is 10. The number of anilines is 2. The summed E-state index contributed by atoms with van der Waals surface area (Å²) in [5.74, 6) is 1.72. The van der Waals surface area contributed by atoms with E-state index < -0.39 is 0 Å². The van der Waals surface area contributed by atoms with Gasteiger partial charge in [-0.2, -0.15) is 9.97 Å². The molecule has 1 saturated heterocycles. The van der Waals surface area contributed by atoms with Crippen LogP contribution in [0.2, 0.25) is 0 Å². The minimum atomic E-state index is 0.350. The second kappa shape index (κ2) is 15.5. The van der Waals surface area contributed by atoms with Crippen LogP contribution in [-0.2, 0) is 13.1 Å². The Kier molecular flexibility index (Phi) is 11.5. The molecule has 0 aromatic carbocycles. The SMILES string of the molecule is C=Cc1c(N=C)nc(NCc2cn(CCCNCCCNC3CCCCC3)nn2)nc1NC1CCNCC1. The Morgan fingerprint density at radius 1 is 1.03 bits per heavy atom. The van der Waals surface area contributed by atoms with Gasteiger partial charge in [-0.15, -0.1) is 5.10 Å². The van der Waals surface area contributed by atoms with E-state index in [0.717, 1.165) is 81.6 Å². The van der Waals surface area contributed by atoms with E-state index in [1.165, 1.54) is 38.5 Å². The van der Waals surface area contributed by atoms with Crippen LogP contribution in [0, 0.1) is 0 Å². The number of aromatic nitrogens is 5. The number of aliphatic imine (C=N–C) groups is 1. The summed E-state index contributed by atoms with van der Waals surface area (Å²) in [5.41, 5.74) is 1.60. The molecule has 5 N–H and O–H groups in total. The molecule has 4 rings (SSSR count). The molecular formula is C27H45N11. The number of rotatable bonds is 16. The molecule has 11 nitrogen and oxygen atoms in total. The second-order valence-corrected chi connectivity index (χ2v) is 10.2. The van der Waals surface area contributed by atoms with Crippen LogP contribution in [0.1, 0.15) is 69.0 Å². The van der Waals surface area contributed by atoms with E-state index in [-0.39, 0.29) is 0 Å². The lowest BCUT2D eigenvalue weighted by Crippen LogP contribution is -2.35. The minimum Gasteiger partial charge on any atom is -0.367 e. The fourth-order valence-corrected chi connectivity index (χ4v) is 5.13. The summed E-state index contributed by atoms with van der Waals surface area (Å²) in [5, 5.41) is 26.0. The number of hydrogen-bond donors (Lipinski definition) is 5. The van der Waals surface area contributed by atoms with E-state index in [1.54, 1.807) is 6.08 Å². The van der Waals surface area contributed by atoms with Crippen LogP contribution < -0.4 is 26.6 Å². The predicted molar refractivity (Wildman–Crippen MR) is 155 cm³/mol. The highest BCUT2D eigenvalue weighted by molar-refractivity contribution is 5.73. The maximum absolute atomic E-state index is 4.71. The van der Waals surface area contributed by atoms with Crippen LogP contribution in [0.4, 0.5) is 17.6 Å². The van der Waals surface area contributed by atoms with Crippen molar-refractivity contribution in [3.05, 3.63) is 24.0 Å². The average molecular weight is 524 g/mol. The van der Waals surface area contributed by atoms with Crippen LogP contribution in [0.3, 0.4) is 0 Å². The fraction of sp³-hybridized carbons (Fsp3) is 0.667. The minimum absolute atomic E-state index is 0.350. The van der Waals surface area contributed by atoms with Gasteiger partial charge < -0.3 is 26.6 Å². The fourth-order valence-electron chi connectivity index (χ4n) is 5.13. The van der Waals surface area contributed by atoms with Crippen LogP contribution in [-0.4, -0.2) is 76.5 Å². The molecule has 2 fully saturated rings. The van der Waals surface area contributed by atoms with Gasteiger partial charge in [0, 0.05) is 18.6 Å². The van der Waals surface area contributed by atoms with Crippen molar-refractivity contribution in [3.63, 3.8) is 0 Å². The average Bonchev–Trinajstić information content (AvgIpc) is 3.42.